The van der Waals surface area contributed by atoms with Gasteiger partial charge >= 0.3 is 0 Å². The monoisotopic (exact) mass is 204 g/mol. The Morgan fingerprint density at radius 2 is 2.00 bits per heavy atom. The van der Waals surface area contributed by atoms with Crippen molar-refractivity contribution in [3.8, 4) is 0 Å². The zero-order valence-corrected chi connectivity index (χ0v) is 9.60. The molecular weight excluding hydrogens is 188 g/mol. The standard InChI is InChI=1S/C13H16S/c1-4-11-7-9-12(10-8-11)13(5-2)14-6-3/h5-10H,3-4H2,1-2H3. The summed E-state index contributed by atoms with van der Waals surface area (Å²) in [5, 5.41) is 1.86. The van der Waals surface area contributed by atoms with Gasteiger partial charge in [0.05, 0.1) is 0 Å². The lowest BCUT2D eigenvalue weighted by Crippen LogP contribution is -1.82. The molecule has 0 aliphatic carbocycles. The molecule has 0 radical (unpaired) electrons. The predicted molar refractivity (Wildman–Crippen MR) is 67.3 cm³/mol. The van der Waals surface area contributed by atoms with E-state index in [9.17, 15) is 0 Å². The van der Waals surface area contributed by atoms with Crippen LogP contribution in [0.3, 0.4) is 0 Å². The molecule has 0 aliphatic rings. The molecule has 0 nitrogen and oxygen atoms in total. The van der Waals surface area contributed by atoms with Crippen molar-refractivity contribution in [1.29, 1.82) is 0 Å². The molecule has 1 aromatic rings. The minimum Gasteiger partial charge on any atom is -0.0984 e. The van der Waals surface area contributed by atoms with Gasteiger partial charge in [0.1, 0.15) is 0 Å². The lowest BCUT2D eigenvalue weighted by Gasteiger charge is -2.04. The number of thioether (sulfide) groups is 1. The highest BCUT2D eigenvalue weighted by Crippen LogP contribution is 2.27. The molecule has 1 aromatic carbocycles. The zero-order chi connectivity index (χ0) is 10.4. The van der Waals surface area contributed by atoms with Crippen LogP contribution in [0.4, 0.5) is 0 Å². The second kappa shape index (κ2) is 5.71. The first-order valence-electron chi connectivity index (χ1n) is 4.85. The normalized spacial score (nSPS) is 11.4. The summed E-state index contributed by atoms with van der Waals surface area (Å²) in [4.78, 5) is 1.27. The van der Waals surface area contributed by atoms with Crippen LogP contribution in [0.5, 0.6) is 0 Å². The summed E-state index contributed by atoms with van der Waals surface area (Å²) in [5.41, 5.74) is 2.66. The van der Waals surface area contributed by atoms with Gasteiger partial charge in [-0.15, -0.1) is 0 Å². The minimum atomic E-state index is 1.10. The van der Waals surface area contributed by atoms with E-state index in [1.165, 1.54) is 16.0 Å². The number of allylic oxidation sites excluding steroid dienone is 1. The van der Waals surface area contributed by atoms with E-state index >= 15 is 0 Å². The molecule has 74 valence electrons. The van der Waals surface area contributed by atoms with E-state index < -0.39 is 0 Å². The van der Waals surface area contributed by atoms with Crippen LogP contribution in [0, 0.1) is 0 Å². The molecule has 0 fully saturated rings. The highest BCUT2D eigenvalue weighted by atomic mass is 32.2. The molecule has 0 atom stereocenters. The SMILES string of the molecule is C=CSC(=CC)c1ccc(CC)cc1. The second-order valence-corrected chi connectivity index (χ2v) is 4.00. The number of hydrogen-bond donors (Lipinski definition) is 0. The van der Waals surface area contributed by atoms with Gasteiger partial charge in [0.2, 0.25) is 0 Å². The Bertz CT molecular complexity index is 320. The van der Waals surface area contributed by atoms with E-state index in [2.05, 4.69) is 50.8 Å². The van der Waals surface area contributed by atoms with Crippen LogP contribution in [0.1, 0.15) is 25.0 Å². The third-order valence-electron chi connectivity index (χ3n) is 2.12. The summed E-state index contributed by atoms with van der Waals surface area (Å²) < 4.78 is 0. The molecular formula is C13H16S. The van der Waals surface area contributed by atoms with Crippen LogP contribution in [0.25, 0.3) is 4.91 Å². The summed E-state index contributed by atoms with van der Waals surface area (Å²) in [7, 11) is 0. The van der Waals surface area contributed by atoms with Crippen molar-refractivity contribution in [3.63, 3.8) is 0 Å². The van der Waals surface area contributed by atoms with Crippen molar-refractivity contribution in [3.05, 3.63) is 53.5 Å². The fraction of sp³-hybridized carbons (Fsp3) is 0.231. The van der Waals surface area contributed by atoms with Gasteiger partial charge in [0, 0.05) is 4.91 Å². The molecule has 0 amide bonds. The molecule has 0 aliphatic heterocycles. The number of aryl methyl sites for hydroxylation is 1. The summed E-state index contributed by atoms with van der Waals surface area (Å²) in [6.45, 7) is 7.96. The molecule has 0 heterocycles. The van der Waals surface area contributed by atoms with Crippen LogP contribution in [-0.4, -0.2) is 0 Å². The Morgan fingerprint density at radius 3 is 2.43 bits per heavy atom. The number of benzene rings is 1. The molecule has 0 spiro atoms. The average Bonchev–Trinajstić information content (AvgIpc) is 2.26. The molecule has 0 saturated carbocycles. The number of rotatable bonds is 4. The first-order valence-corrected chi connectivity index (χ1v) is 5.73. The maximum atomic E-state index is 3.73. The van der Waals surface area contributed by atoms with Gasteiger partial charge in [-0.05, 0) is 29.9 Å². The highest BCUT2D eigenvalue weighted by molar-refractivity contribution is 8.10. The van der Waals surface area contributed by atoms with Gasteiger partial charge in [-0.1, -0.05) is 55.6 Å². The summed E-state index contributed by atoms with van der Waals surface area (Å²) >= 11 is 1.67. The van der Waals surface area contributed by atoms with Crippen LogP contribution in [0.15, 0.2) is 42.3 Å². The molecule has 0 bridgehead atoms. The Balaban J connectivity index is 2.89. The van der Waals surface area contributed by atoms with Gasteiger partial charge < -0.3 is 0 Å². The van der Waals surface area contributed by atoms with Crippen molar-refractivity contribution in [2.45, 2.75) is 20.3 Å². The maximum absolute atomic E-state index is 3.73. The van der Waals surface area contributed by atoms with Crippen molar-refractivity contribution < 1.29 is 0 Å². The molecule has 0 N–H and O–H groups in total. The molecule has 0 aromatic heterocycles. The average molecular weight is 204 g/mol. The Labute approximate surface area is 90.7 Å². The summed E-state index contributed by atoms with van der Waals surface area (Å²) in [6, 6.07) is 8.71. The third kappa shape index (κ3) is 2.78. The first-order chi connectivity index (χ1) is 6.81. The van der Waals surface area contributed by atoms with Gasteiger partial charge in [-0.25, -0.2) is 0 Å². The van der Waals surface area contributed by atoms with Crippen LogP contribution >= 0.6 is 11.8 Å². The molecule has 0 unspecified atom stereocenters. The van der Waals surface area contributed by atoms with Crippen LogP contribution in [-0.2, 0) is 6.42 Å². The zero-order valence-electron chi connectivity index (χ0n) is 8.79. The maximum Gasteiger partial charge on any atom is 0.0145 e. The lowest BCUT2D eigenvalue weighted by atomic mass is 10.1. The largest absolute Gasteiger partial charge is 0.0984 e. The van der Waals surface area contributed by atoms with Gasteiger partial charge in [0.25, 0.3) is 0 Å². The number of hydrogen-bond acceptors (Lipinski definition) is 1. The lowest BCUT2D eigenvalue weighted by molar-refractivity contribution is 1.14. The van der Waals surface area contributed by atoms with E-state index in [0.29, 0.717) is 0 Å². The van der Waals surface area contributed by atoms with Gasteiger partial charge in [-0.2, -0.15) is 0 Å². The molecule has 1 heteroatoms. The minimum absolute atomic E-state index is 1.10. The van der Waals surface area contributed by atoms with Crippen LogP contribution < -0.4 is 0 Å². The van der Waals surface area contributed by atoms with Gasteiger partial charge in [0.15, 0.2) is 0 Å². The smallest absolute Gasteiger partial charge is 0.0145 e. The quantitative estimate of drug-likeness (QED) is 0.696. The Hall–Kier alpha value is -0.950. The summed E-state index contributed by atoms with van der Waals surface area (Å²) in [5.74, 6) is 0. The van der Waals surface area contributed by atoms with Gasteiger partial charge in [-0.3, -0.25) is 0 Å². The topological polar surface area (TPSA) is 0 Å². The fourth-order valence-corrected chi connectivity index (χ4v) is 1.89. The third-order valence-corrected chi connectivity index (χ3v) is 3.01. The highest BCUT2D eigenvalue weighted by Gasteiger charge is 1.98. The summed E-state index contributed by atoms with van der Waals surface area (Å²) in [6.07, 6.45) is 3.22. The van der Waals surface area contributed by atoms with Crippen molar-refractivity contribution >= 4 is 16.7 Å². The molecule has 14 heavy (non-hydrogen) atoms. The second-order valence-electron chi connectivity index (χ2n) is 2.99. The predicted octanol–water partition coefficient (Wildman–Crippen LogP) is 4.49. The van der Waals surface area contributed by atoms with Crippen molar-refractivity contribution in [1.82, 2.24) is 0 Å². The van der Waals surface area contributed by atoms with Crippen molar-refractivity contribution in [2.75, 3.05) is 0 Å². The molecule has 0 saturated heterocycles. The van der Waals surface area contributed by atoms with E-state index in [-0.39, 0.29) is 0 Å². The van der Waals surface area contributed by atoms with Crippen molar-refractivity contribution in [2.24, 2.45) is 0 Å². The van der Waals surface area contributed by atoms with Crippen LogP contribution in [0.2, 0.25) is 0 Å². The molecule has 1 rings (SSSR count). The van der Waals surface area contributed by atoms with E-state index in [4.69, 9.17) is 0 Å². The van der Waals surface area contributed by atoms with E-state index in [1.54, 1.807) is 11.8 Å². The fourth-order valence-electron chi connectivity index (χ4n) is 1.30. The Morgan fingerprint density at radius 1 is 1.36 bits per heavy atom. The Kier molecular flexibility index (Phi) is 4.54. The first kappa shape index (κ1) is 11.1. The van der Waals surface area contributed by atoms with E-state index in [0.717, 1.165) is 6.42 Å². The van der Waals surface area contributed by atoms with E-state index in [1.807, 2.05) is 5.41 Å².